The number of thioether (sulfide) groups is 1. The van der Waals surface area contributed by atoms with Crippen LogP contribution in [0.1, 0.15) is 41.0 Å². The third-order valence-corrected chi connectivity index (χ3v) is 6.61. The lowest BCUT2D eigenvalue weighted by atomic mass is 9.81. The molecule has 1 aliphatic carbocycles. The second-order valence-electron chi connectivity index (χ2n) is 7.46. The number of aromatic nitrogens is 2. The van der Waals surface area contributed by atoms with E-state index in [1.165, 1.54) is 30.0 Å². The molecule has 2 aliphatic rings. The molecule has 164 valence electrons. The molecular weight excluding hydrogens is 431 g/mol. The van der Waals surface area contributed by atoms with Crippen molar-refractivity contribution in [3.05, 3.63) is 53.4 Å². The van der Waals surface area contributed by atoms with Crippen LogP contribution in [0.15, 0.2) is 35.6 Å². The Kier molecular flexibility index (Phi) is 5.89. The van der Waals surface area contributed by atoms with Crippen molar-refractivity contribution in [3.8, 4) is 0 Å². The predicted molar refractivity (Wildman–Crippen MR) is 111 cm³/mol. The molecule has 0 unspecified atom stereocenters. The molecule has 2 aromatic rings. The van der Waals surface area contributed by atoms with Crippen LogP contribution >= 0.6 is 11.8 Å². The number of amidine groups is 1. The van der Waals surface area contributed by atoms with Gasteiger partial charge in [-0.05, 0) is 24.6 Å². The Bertz CT molecular complexity index is 1020. The van der Waals surface area contributed by atoms with Crippen molar-refractivity contribution in [2.45, 2.75) is 30.9 Å². The van der Waals surface area contributed by atoms with Gasteiger partial charge in [0.1, 0.15) is 17.2 Å². The highest BCUT2D eigenvalue weighted by Gasteiger charge is 2.52. The van der Waals surface area contributed by atoms with Crippen LogP contribution in [-0.4, -0.2) is 40.0 Å². The highest BCUT2D eigenvalue weighted by Crippen LogP contribution is 2.52. The summed E-state index contributed by atoms with van der Waals surface area (Å²) < 4.78 is 45.7. The van der Waals surface area contributed by atoms with E-state index in [4.69, 9.17) is 10.5 Å². The van der Waals surface area contributed by atoms with Crippen molar-refractivity contribution in [3.63, 3.8) is 0 Å². The van der Waals surface area contributed by atoms with Gasteiger partial charge >= 0.3 is 0 Å². The lowest BCUT2D eigenvalue weighted by molar-refractivity contribution is 0.101. The first-order valence-electron chi connectivity index (χ1n) is 9.55. The number of hydrogen-bond acceptors (Lipinski definition) is 7. The lowest BCUT2D eigenvalue weighted by Gasteiger charge is -2.36. The topological polar surface area (TPSA) is 102 Å². The van der Waals surface area contributed by atoms with E-state index in [-0.39, 0.29) is 17.7 Å². The van der Waals surface area contributed by atoms with Gasteiger partial charge in [0.25, 0.3) is 12.3 Å². The fourth-order valence-corrected chi connectivity index (χ4v) is 5.15. The SMILES string of the molecule is CO[C@@H]1C[C@H]2CSC(N)=N[C@@]2(c2cc(NC(=O)c3cnc(C(F)F)cn3)ccc2F)C1. The molecule has 1 amide bonds. The van der Waals surface area contributed by atoms with Crippen LogP contribution in [0.3, 0.4) is 0 Å². The fraction of sp³-hybridized carbons (Fsp3) is 0.400. The zero-order valence-electron chi connectivity index (χ0n) is 16.5. The lowest BCUT2D eigenvalue weighted by Crippen LogP contribution is -2.37. The minimum atomic E-state index is -2.78. The summed E-state index contributed by atoms with van der Waals surface area (Å²) in [7, 11) is 1.61. The van der Waals surface area contributed by atoms with E-state index < -0.39 is 29.4 Å². The maximum atomic E-state index is 15.0. The van der Waals surface area contributed by atoms with E-state index in [0.717, 1.165) is 18.8 Å². The molecular formula is C20H20F3N5O2S. The Hall–Kier alpha value is -2.66. The number of benzene rings is 1. The Morgan fingerprint density at radius 3 is 2.84 bits per heavy atom. The highest BCUT2D eigenvalue weighted by molar-refractivity contribution is 8.13. The second kappa shape index (κ2) is 8.46. The van der Waals surface area contributed by atoms with Crippen molar-refractivity contribution in [2.24, 2.45) is 16.6 Å². The third-order valence-electron chi connectivity index (χ3n) is 5.66. The maximum absolute atomic E-state index is 15.0. The van der Waals surface area contributed by atoms with Crippen LogP contribution in [0, 0.1) is 11.7 Å². The third kappa shape index (κ3) is 4.11. The number of amides is 1. The van der Waals surface area contributed by atoms with Crippen LogP contribution in [0.2, 0.25) is 0 Å². The van der Waals surface area contributed by atoms with Crippen molar-refractivity contribution < 1.29 is 22.7 Å². The Labute approximate surface area is 180 Å². The van der Waals surface area contributed by atoms with Gasteiger partial charge in [-0.3, -0.25) is 14.8 Å². The molecule has 1 aromatic heterocycles. The number of rotatable bonds is 5. The van der Waals surface area contributed by atoms with Gasteiger partial charge in [0.2, 0.25) is 0 Å². The first-order valence-corrected chi connectivity index (χ1v) is 10.5. The van der Waals surface area contributed by atoms with E-state index in [1.807, 2.05) is 0 Å². The molecule has 3 N–H and O–H groups in total. The first-order chi connectivity index (χ1) is 14.8. The van der Waals surface area contributed by atoms with E-state index in [9.17, 15) is 18.0 Å². The second-order valence-corrected chi connectivity index (χ2v) is 8.50. The zero-order chi connectivity index (χ0) is 22.2. The van der Waals surface area contributed by atoms with Gasteiger partial charge in [-0.15, -0.1) is 0 Å². The van der Waals surface area contributed by atoms with E-state index in [2.05, 4.69) is 20.3 Å². The van der Waals surface area contributed by atoms with Crippen LogP contribution < -0.4 is 11.1 Å². The van der Waals surface area contributed by atoms with Crippen LogP contribution in [0.4, 0.5) is 18.9 Å². The van der Waals surface area contributed by atoms with Crippen LogP contribution in [-0.2, 0) is 10.3 Å². The largest absolute Gasteiger partial charge is 0.381 e. The number of halogens is 3. The standard InChI is InChI=1S/C20H20F3N5O2S/c1-30-12-4-10-9-31-19(24)28-20(10,6-12)13-5-11(2-3-14(13)21)27-18(29)16-8-25-15(7-26-16)17(22)23/h2-3,5,7-8,10,12,17H,4,6,9H2,1H3,(H2,24,28)(H,27,29)/t10-,12+,20-/m0/s1. The number of hydrogen-bond donors (Lipinski definition) is 2. The number of ether oxygens (including phenoxy) is 1. The molecule has 1 saturated carbocycles. The number of methoxy groups -OCH3 is 1. The molecule has 0 bridgehead atoms. The van der Waals surface area contributed by atoms with Gasteiger partial charge in [-0.1, -0.05) is 11.8 Å². The van der Waals surface area contributed by atoms with Crippen molar-refractivity contribution in [1.29, 1.82) is 0 Å². The molecule has 0 saturated heterocycles. The van der Waals surface area contributed by atoms with Gasteiger partial charge < -0.3 is 15.8 Å². The average molecular weight is 451 g/mol. The number of aliphatic imine (C=N–C) groups is 1. The van der Waals surface area contributed by atoms with E-state index in [0.29, 0.717) is 28.6 Å². The molecule has 1 aromatic carbocycles. The first kappa shape index (κ1) is 21.6. The molecule has 31 heavy (non-hydrogen) atoms. The number of carbonyl (C=O) groups is 1. The van der Waals surface area contributed by atoms with Crippen molar-refractivity contribution >= 4 is 28.5 Å². The zero-order valence-corrected chi connectivity index (χ0v) is 17.3. The van der Waals surface area contributed by atoms with Gasteiger partial charge in [0, 0.05) is 36.5 Å². The summed E-state index contributed by atoms with van der Waals surface area (Å²) in [6.45, 7) is 0. The number of nitrogens with two attached hydrogens (primary N) is 1. The average Bonchev–Trinajstić information content (AvgIpc) is 3.14. The maximum Gasteiger partial charge on any atom is 0.281 e. The van der Waals surface area contributed by atoms with Crippen LogP contribution in [0.25, 0.3) is 0 Å². The summed E-state index contributed by atoms with van der Waals surface area (Å²) in [5, 5.41) is 3.00. The fourth-order valence-electron chi connectivity index (χ4n) is 4.13. The summed E-state index contributed by atoms with van der Waals surface area (Å²) in [6.07, 6.45) is 0.161. The number of nitrogens with one attached hydrogen (secondary N) is 1. The molecule has 11 heteroatoms. The molecule has 2 heterocycles. The Morgan fingerprint density at radius 1 is 1.35 bits per heavy atom. The van der Waals surface area contributed by atoms with Gasteiger partial charge in [-0.25, -0.2) is 18.2 Å². The molecule has 0 radical (unpaired) electrons. The van der Waals surface area contributed by atoms with E-state index >= 15 is 0 Å². The molecule has 1 aliphatic heterocycles. The molecule has 3 atom stereocenters. The predicted octanol–water partition coefficient (Wildman–Crippen LogP) is 3.49. The molecule has 7 nitrogen and oxygen atoms in total. The van der Waals surface area contributed by atoms with Gasteiger partial charge in [0.05, 0.1) is 24.0 Å². The highest BCUT2D eigenvalue weighted by atomic mass is 32.2. The monoisotopic (exact) mass is 451 g/mol. The normalized spacial score (nSPS) is 25.3. The Morgan fingerprint density at radius 2 is 2.16 bits per heavy atom. The number of anilines is 1. The van der Waals surface area contributed by atoms with Crippen molar-refractivity contribution in [1.82, 2.24) is 9.97 Å². The molecule has 0 spiro atoms. The summed E-state index contributed by atoms with van der Waals surface area (Å²) >= 11 is 1.43. The minimum absolute atomic E-state index is 0.0305. The summed E-state index contributed by atoms with van der Waals surface area (Å²) in [6, 6.07) is 4.21. The number of carbonyl (C=O) groups excluding carboxylic acids is 1. The smallest absolute Gasteiger partial charge is 0.281 e. The van der Waals surface area contributed by atoms with Crippen molar-refractivity contribution in [2.75, 3.05) is 18.2 Å². The summed E-state index contributed by atoms with van der Waals surface area (Å²) in [4.78, 5) is 24.4. The van der Waals surface area contributed by atoms with Gasteiger partial charge in [0.15, 0.2) is 5.17 Å². The van der Waals surface area contributed by atoms with Gasteiger partial charge in [-0.2, -0.15) is 0 Å². The molecule has 4 rings (SSSR count). The number of alkyl halides is 2. The Balaban J connectivity index is 1.64. The minimum Gasteiger partial charge on any atom is -0.381 e. The van der Waals surface area contributed by atoms with Crippen LogP contribution in [0.5, 0.6) is 0 Å². The van der Waals surface area contributed by atoms with E-state index in [1.54, 1.807) is 7.11 Å². The number of fused-ring (bicyclic) bond motifs is 1. The number of nitrogens with zero attached hydrogens (tertiary/aromatic N) is 3. The quantitative estimate of drug-likeness (QED) is 0.722. The summed E-state index contributed by atoms with van der Waals surface area (Å²) in [5.41, 5.74) is 5.11. The molecule has 1 fully saturated rings. The summed E-state index contributed by atoms with van der Waals surface area (Å²) in [5.74, 6) is -0.382.